The molecule has 0 radical (unpaired) electrons. The molecular formula is C15H26N2O6. The average Bonchev–Trinajstić information content (AvgIpc) is 2.41. The maximum absolute atomic E-state index is 11.6. The number of carbonyl (C=O) groups excluding carboxylic acids is 2. The Morgan fingerprint density at radius 1 is 1.22 bits per heavy atom. The second-order valence-corrected chi connectivity index (χ2v) is 5.85. The quantitative estimate of drug-likeness (QED) is 0.440. The van der Waals surface area contributed by atoms with Crippen LogP contribution in [0.2, 0.25) is 0 Å². The summed E-state index contributed by atoms with van der Waals surface area (Å²) in [7, 11) is 0. The van der Waals surface area contributed by atoms with Crippen LogP contribution in [0.5, 0.6) is 0 Å². The van der Waals surface area contributed by atoms with E-state index in [1.165, 1.54) is 6.08 Å². The summed E-state index contributed by atoms with van der Waals surface area (Å²) in [5.41, 5.74) is -0.692. The van der Waals surface area contributed by atoms with Gasteiger partial charge in [0, 0.05) is 6.54 Å². The third kappa shape index (κ3) is 12.0. The smallest absolute Gasteiger partial charge is 0.408 e. The highest BCUT2D eigenvalue weighted by atomic mass is 16.6. The second-order valence-electron chi connectivity index (χ2n) is 5.85. The number of aliphatic carboxylic acids is 1. The van der Waals surface area contributed by atoms with Gasteiger partial charge in [0.1, 0.15) is 18.2 Å². The fourth-order valence-corrected chi connectivity index (χ4v) is 1.56. The minimum absolute atomic E-state index is 0.132. The molecule has 3 N–H and O–H groups in total. The van der Waals surface area contributed by atoms with E-state index in [-0.39, 0.29) is 13.0 Å². The molecule has 0 heterocycles. The van der Waals surface area contributed by atoms with Gasteiger partial charge < -0.3 is 25.2 Å². The van der Waals surface area contributed by atoms with E-state index >= 15 is 0 Å². The molecule has 0 aromatic carbocycles. The van der Waals surface area contributed by atoms with E-state index in [1.54, 1.807) is 20.8 Å². The van der Waals surface area contributed by atoms with Gasteiger partial charge in [0.25, 0.3) is 0 Å². The SMILES string of the molecule is C=CCOC(=O)NCCCC[C@@H](NC(=O)OC(C)(C)C)C(=O)O. The van der Waals surface area contributed by atoms with Gasteiger partial charge in [-0.05, 0) is 40.0 Å². The lowest BCUT2D eigenvalue weighted by Gasteiger charge is -2.22. The molecule has 0 aromatic heterocycles. The van der Waals surface area contributed by atoms with E-state index in [0.29, 0.717) is 19.4 Å². The van der Waals surface area contributed by atoms with Crippen LogP contribution in [0.15, 0.2) is 12.7 Å². The summed E-state index contributed by atoms with van der Waals surface area (Å²) in [6.07, 6.45) is 1.44. The van der Waals surface area contributed by atoms with Crippen molar-refractivity contribution in [3.63, 3.8) is 0 Å². The third-order valence-corrected chi connectivity index (χ3v) is 2.51. The van der Waals surface area contributed by atoms with Gasteiger partial charge in [0.05, 0.1) is 0 Å². The number of unbranched alkanes of at least 4 members (excludes halogenated alkanes) is 1. The Hall–Kier alpha value is -2.25. The van der Waals surface area contributed by atoms with Crippen LogP contribution in [0, 0.1) is 0 Å². The van der Waals surface area contributed by atoms with E-state index in [9.17, 15) is 14.4 Å². The molecule has 0 rings (SSSR count). The molecule has 2 amide bonds. The number of carboxylic acid groups (broad SMARTS) is 1. The Morgan fingerprint density at radius 3 is 2.39 bits per heavy atom. The molecule has 132 valence electrons. The first-order valence-electron chi connectivity index (χ1n) is 7.39. The lowest BCUT2D eigenvalue weighted by atomic mass is 10.1. The van der Waals surface area contributed by atoms with Gasteiger partial charge in [-0.1, -0.05) is 12.7 Å². The molecule has 0 aliphatic rings. The standard InChI is InChI=1S/C15H26N2O6/c1-5-10-22-13(20)16-9-7-6-8-11(12(18)19)17-14(21)23-15(2,3)4/h5,11H,1,6-10H2,2-4H3,(H,16,20)(H,17,21)(H,18,19)/t11-/m1/s1. The minimum Gasteiger partial charge on any atom is -0.480 e. The maximum atomic E-state index is 11.6. The summed E-state index contributed by atoms with van der Waals surface area (Å²) in [6.45, 7) is 8.99. The molecule has 0 fully saturated rings. The number of hydrogen-bond acceptors (Lipinski definition) is 5. The zero-order valence-electron chi connectivity index (χ0n) is 13.9. The maximum Gasteiger partial charge on any atom is 0.408 e. The molecule has 0 aromatic rings. The van der Waals surface area contributed by atoms with Crippen LogP contribution in [0.3, 0.4) is 0 Å². The zero-order chi connectivity index (χ0) is 17.9. The van der Waals surface area contributed by atoms with Gasteiger partial charge in [-0.25, -0.2) is 14.4 Å². The zero-order valence-corrected chi connectivity index (χ0v) is 13.9. The highest BCUT2D eigenvalue weighted by Crippen LogP contribution is 2.08. The third-order valence-electron chi connectivity index (χ3n) is 2.51. The van der Waals surface area contributed by atoms with E-state index < -0.39 is 29.8 Å². The van der Waals surface area contributed by atoms with Crippen molar-refractivity contribution in [2.24, 2.45) is 0 Å². The molecule has 0 aliphatic heterocycles. The van der Waals surface area contributed by atoms with Crippen molar-refractivity contribution in [3.8, 4) is 0 Å². The van der Waals surface area contributed by atoms with Crippen molar-refractivity contribution in [2.75, 3.05) is 13.2 Å². The van der Waals surface area contributed by atoms with Gasteiger partial charge in [0.2, 0.25) is 0 Å². The van der Waals surface area contributed by atoms with E-state index in [1.807, 2.05) is 0 Å². The highest BCUT2D eigenvalue weighted by molar-refractivity contribution is 5.79. The second kappa shape index (κ2) is 10.5. The molecule has 23 heavy (non-hydrogen) atoms. The Kier molecular flexibility index (Phi) is 9.45. The number of nitrogens with one attached hydrogen (secondary N) is 2. The van der Waals surface area contributed by atoms with E-state index in [4.69, 9.17) is 14.6 Å². The minimum atomic E-state index is -1.13. The van der Waals surface area contributed by atoms with Crippen LogP contribution in [0.4, 0.5) is 9.59 Å². The van der Waals surface area contributed by atoms with Crippen molar-refractivity contribution in [2.45, 2.75) is 51.7 Å². The van der Waals surface area contributed by atoms with Crippen LogP contribution < -0.4 is 10.6 Å². The van der Waals surface area contributed by atoms with Gasteiger partial charge in [-0.2, -0.15) is 0 Å². The van der Waals surface area contributed by atoms with Gasteiger partial charge in [-0.15, -0.1) is 0 Å². The molecule has 0 spiro atoms. The number of hydrogen-bond donors (Lipinski definition) is 3. The van der Waals surface area contributed by atoms with Gasteiger partial charge in [0.15, 0.2) is 0 Å². The topological polar surface area (TPSA) is 114 Å². The fourth-order valence-electron chi connectivity index (χ4n) is 1.56. The normalized spacial score (nSPS) is 12.0. The molecule has 8 nitrogen and oxygen atoms in total. The number of carboxylic acids is 1. The molecule has 0 saturated carbocycles. The average molecular weight is 330 g/mol. The van der Waals surface area contributed by atoms with Crippen LogP contribution in [0.1, 0.15) is 40.0 Å². The van der Waals surface area contributed by atoms with E-state index in [0.717, 1.165) is 0 Å². The summed E-state index contributed by atoms with van der Waals surface area (Å²) < 4.78 is 9.74. The molecule has 0 bridgehead atoms. The molecule has 8 heteroatoms. The largest absolute Gasteiger partial charge is 0.480 e. The predicted octanol–water partition coefficient (Wildman–Crippen LogP) is 2.05. The van der Waals surface area contributed by atoms with E-state index in [2.05, 4.69) is 17.2 Å². The first kappa shape index (κ1) is 20.8. The van der Waals surface area contributed by atoms with Crippen LogP contribution in [0.25, 0.3) is 0 Å². The predicted molar refractivity (Wildman–Crippen MR) is 84.2 cm³/mol. The van der Waals surface area contributed by atoms with Crippen molar-refractivity contribution in [1.29, 1.82) is 0 Å². The van der Waals surface area contributed by atoms with Crippen molar-refractivity contribution in [1.82, 2.24) is 10.6 Å². The Labute approximate surface area is 136 Å². The lowest BCUT2D eigenvalue weighted by molar-refractivity contribution is -0.139. The van der Waals surface area contributed by atoms with Crippen LogP contribution in [-0.4, -0.2) is 48.1 Å². The summed E-state index contributed by atoms with van der Waals surface area (Å²) in [6, 6.07) is -1.03. The molecule has 1 atom stereocenters. The lowest BCUT2D eigenvalue weighted by Crippen LogP contribution is -2.43. The summed E-state index contributed by atoms with van der Waals surface area (Å²) >= 11 is 0. The Balaban J connectivity index is 4.02. The Bertz CT molecular complexity index is 417. The first-order valence-corrected chi connectivity index (χ1v) is 7.39. The fraction of sp³-hybridized carbons (Fsp3) is 0.667. The first-order chi connectivity index (χ1) is 10.7. The highest BCUT2D eigenvalue weighted by Gasteiger charge is 2.23. The number of carbonyl (C=O) groups is 3. The molecule has 0 aliphatic carbocycles. The number of amides is 2. The number of alkyl carbamates (subject to hydrolysis) is 2. The Morgan fingerprint density at radius 2 is 1.87 bits per heavy atom. The van der Waals surface area contributed by atoms with Crippen LogP contribution >= 0.6 is 0 Å². The summed E-state index contributed by atoms with van der Waals surface area (Å²) in [4.78, 5) is 33.8. The van der Waals surface area contributed by atoms with Gasteiger partial charge >= 0.3 is 18.2 Å². The molecular weight excluding hydrogens is 304 g/mol. The monoisotopic (exact) mass is 330 g/mol. The molecule has 0 saturated heterocycles. The molecule has 0 unspecified atom stereocenters. The summed E-state index contributed by atoms with van der Waals surface area (Å²) in [5, 5.41) is 13.9. The van der Waals surface area contributed by atoms with Gasteiger partial charge in [-0.3, -0.25) is 0 Å². The van der Waals surface area contributed by atoms with Crippen molar-refractivity contribution < 1.29 is 29.0 Å². The number of rotatable bonds is 9. The summed E-state index contributed by atoms with van der Waals surface area (Å²) in [5.74, 6) is -1.13. The van der Waals surface area contributed by atoms with Crippen molar-refractivity contribution in [3.05, 3.63) is 12.7 Å². The number of ether oxygens (including phenoxy) is 2. The van der Waals surface area contributed by atoms with Crippen LogP contribution in [-0.2, 0) is 14.3 Å². The van der Waals surface area contributed by atoms with Crippen molar-refractivity contribution >= 4 is 18.2 Å².